The lowest BCUT2D eigenvalue weighted by atomic mass is 9.86. The highest BCUT2D eigenvalue weighted by atomic mass is 16.5. The molecule has 5 nitrogen and oxygen atoms in total. The van der Waals surface area contributed by atoms with E-state index in [9.17, 15) is 9.59 Å². The second kappa shape index (κ2) is 7.66. The summed E-state index contributed by atoms with van der Waals surface area (Å²) in [6.45, 7) is 4.24. The Hall–Kier alpha value is -2.82. The second-order valence-electron chi connectivity index (χ2n) is 7.98. The molecule has 1 fully saturated rings. The number of benzene rings is 2. The molecule has 2 amide bonds. The van der Waals surface area contributed by atoms with Crippen LogP contribution in [0.25, 0.3) is 0 Å². The molecule has 28 heavy (non-hydrogen) atoms. The minimum Gasteiger partial charge on any atom is -0.497 e. The average Bonchev–Trinajstić information content (AvgIpc) is 3.30. The Balaban J connectivity index is 1.84. The van der Waals surface area contributed by atoms with Crippen LogP contribution in [0.3, 0.4) is 0 Å². The first-order valence-corrected chi connectivity index (χ1v) is 9.58. The van der Waals surface area contributed by atoms with Crippen LogP contribution in [0.4, 0.5) is 5.69 Å². The predicted molar refractivity (Wildman–Crippen MR) is 111 cm³/mol. The lowest BCUT2D eigenvalue weighted by molar-refractivity contribution is -0.120. The molecule has 148 valence electrons. The van der Waals surface area contributed by atoms with Gasteiger partial charge in [-0.2, -0.15) is 0 Å². The molecule has 0 heterocycles. The molecule has 1 aliphatic carbocycles. The van der Waals surface area contributed by atoms with Crippen molar-refractivity contribution in [2.75, 3.05) is 19.5 Å². The number of para-hydroxylation sites is 1. The van der Waals surface area contributed by atoms with Crippen LogP contribution in [-0.4, -0.2) is 26.0 Å². The molecule has 5 heteroatoms. The summed E-state index contributed by atoms with van der Waals surface area (Å²) in [5, 5.41) is 5.77. The Morgan fingerprint density at radius 1 is 1.07 bits per heavy atom. The fourth-order valence-corrected chi connectivity index (χ4v) is 3.97. The van der Waals surface area contributed by atoms with Crippen molar-refractivity contribution in [1.82, 2.24) is 5.32 Å². The van der Waals surface area contributed by atoms with Gasteiger partial charge in [-0.1, -0.05) is 44.2 Å². The number of nitrogens with one attached hydrogen (secondary N) is 2. The van der Waals surface area contributed by atoms with Crippen molar-refractivity contribution in [2.24, 2.45) is 5.41 Å². The summed E-state index contributed by atoms with van der Waals surface area (Å²) in [5.74, 6) is 0.756. The maximum Gasteiger partial charge on any atom is 0.235 e. The maximum absolute atomic E-state index is 13.4. The van der Waals surface area contributed by atoms with Crippen molar-refractivity contribution in [3.63, 3.8) is 0 Å². The number of rotatable bonds is 7. The number of hydrogen-bond acceptors (Lipinski definition) is 3. The second-order valence-corrected chi connectivity index (χ2v) is 7.98. The first-order chi connectivity index (χ1) is 13.3. The summed E-state index contributed by atoms with van der Waals surface area (Å²) < 4.78 is 5.25. The van der Waals surface area contributed by atoms with Gasteiger partial charge < -0.3 is 15.4 Å². The Morgan fingerprint density at radius 2 is 1.71 bits per heavy atom. The number of hydrogen-bond donors (Lipinski definition) is 2. The third-order valence-electron chi connectivity index (χ3n) is 5.87. The highest BCUT2D eigenvalue weighted by Crippen LogP contribution is 2.64. The van der Waals surface area contributed by atoms with E-state index in [2.05, 4.69) is 24.5 Å². The number of ether oxygens (including phenoxy) is 1. The van der Waals surface area contributed by atoms with Crippen LogP contribution in [0.15, 0.2) is 48.5 Å². The molecule has 3 rings (SSSR count). The minimum absolute atomic E-state index is 0.00457. The molecular formula is C23H28N2O3. The Bertz CT molecular complexity index is 874. The van der Waals surface area contributed by atoms with Gasteiger partial charge in [-0.25, -0.2) is 0 Å². The molecule has 1 unspecified atom stereocenters. The first-order valence-electron chi connectivity index (χ1n) is 9.58. The molecule has 2 aromatic carbocycles. The van der Waals surface area contributed by atoms with Crippen molar-refractivity contribution in [1.29, 1.82) is 0 Å². The Morgan fingerprint density at radius 3 is 2.29 bits per heavy atom. The van der Waals surface area contributed by atoms with Gasteiger partial charge in [0.15, 0.2) is 0 Å². The molecule has 0 spiro atoms. The molecular weight excluding hydrogens is 352 g/mol. The fraction of sp³-hybridized carbons (Fsp3) is 0.391. The highest BCUT2D eigenvalue weighted by Gasteiger charge is 2.67. The summed E-state index contributed by atoms with van der Waals surface area (Å²) in [4.78, 5) is 25.0. The molecule has 0 aliphatic heterocycles. The monoisotopic (exact) mass is 380 g/mol. The van der Waals surface area contributed by atoms with Crippen molar-refractivity contribution in [3.8, 4) is 5.75 Å². The third kappa shape index (κ3) is 3.61. The number of aryl methyl sites for hydroxylation is 1. The molecule has 1 saturated carbocycles. The van der Waals surface area contributed by atoms with Gasteiger partial charge in [0, 0.05) is 19.2 Å². The van der Waals surface area contributed by atoms with Crippen LogP contribution in [0.2, 0.25) is 0 Å². The van der Waals surface area contributed by atoms with E-state index in [0.29, 0.717) is 12.8 Å². The third-order valence-corrected chi connectivity index (χ3v) is 5.87. The van der Waals surface area contributed by atoms with E-state index in [1.165, 1.54) is 0 Å². The molecule has 0 aromatic heterocycles. The van der Waals surface area contributed by atoms with Gasteiger partial charge in [-0.15, -0.1) is 0 Å². The van der Waals surface area contributed by atoms with Crippen LogP contribution < -0.4 is 15.4 Å². The van der Waals surface area contributed by atoms with Crippen LogP contribution >= 0.6 is 0 Å². The summed E-state index contributed by atoms with van der Waals surface area (Å²) in [6, 6.07) is 15.4. The van der Waals surface area contributed by atoms with Crippen LogP contribution in [0.5, 0.6) is 5.75 Å². The molecule has 1 aliphatic rings. The van der Waals surface area contributed by atoms with Crippen molar-refractivity contribution < 1.29 is 14.3 Å². The normalized spacial score (nSPS) is 19.6. The number of carbonyl (C=O) groups is 2. The van der Waals surface area contributed by atoms with Crippen molar-refractivity contribution in [3.05, 3.63) is 59.7 Å². The number of amides is 2. The summed E-state index contributed by atoms with van der Waals surface area (Å²) in [6.07, 6.45) is 1.76. The van der Waals surface area contributed by atoms with E-state index >= 15 is 0 Å². The fourth-order valence-electron chi connectivity index (χ4n) is 3.97. The average molecular weight is 380 g/mol. The minimum atomic E-state index is -0.562. The Kier molecular flexibility index (Phi) is 5.45. The smallest absolute Gasteiger partial charge is 0.235 e. The van der Waals surface area contributed by atoms with Crippen molar-refractivity contribution >= 4 is 17.5 Å². The van der Waals surface area contributed by atoms with E-state index in [-0.39, 0.29) is 17.2 Å². The van der Waals surface area contributed by atoms with Crippen molar-refractivity contribution in [2.45, 2.75) is 38.5 Å². The largest absolute Gasteiger partial charge is 0.497 e. The topological polar surface area (TPSA) is 67.4 Å². The molecule has 2 N–H and O–H groups in total. The highest BCUT2D eigenvalue weighted by molar-refractivity contribution is 6.03. The van der Waals surface area contributed by atoms with E-state index in [1.807, 2.05) is 48.5 Å². The summed E-state index contributed by atoms with van der Waals surface area (Å²) in [5.41, 5.74) is 2.05. The SMILES string of the molecule is CNC(=O)CCc1ccccc1NC(=O)C1(c2ccc(OC)cc2)CC1(C)C. The van der Waals surface area contributed by atoms with E-state index in [1.54, 1.807) is 14.2 Å². The van der Waals surface area contributed by atoms with Crippen LogP contribution in [0.1, 0.15) is 37.8 Å². The van der Waals surface area contributed by atoms with E-state index < -0.39 is 5.41 Å². The lowest BCUT2D eigenvalue weighted by Crippen LogP contribution is -2.32. The molecule has 0 bridgehead atoms. The zero-order valence-corrected chi connectivity index (χ0v) is 17.0. The van der Waals surface area contributed by atoms with Gasteiger partial charge >= 0.3 is 0 Å². The van der Waals surface area contributed by atoms with Gasteiger partial charge in [-0.05, 0) is 47.6 Å². The van der Waals surface area contributed by atoms with Gasteiger partial charge in [0.05, 0.1) is 12.5 Å². The van der Waals surface area contributed by atoms with Gasteiger partial charge in [0.2, 0.25) is 11.8 Å². The van der Waals surface area contributed by atoms with Gasteiger partial charge in [0.25, 0.3) is 0 Å². The van der Waals surface area contributed by atoms with Gasteiger partial charge in [0.1, 0.15) is 5.75 Å². The summed E-state index contributed by atoms with van der Waals surface area (Å²) in [7, 11) is 3.26. The molecule has 1 atom stereocenters. The molecule has 0 saturated heterocycles. The predicted octanol–water partition coefficient (Wildman–Crippen LogP) is 3.68. The van der Waals surface area contributed by atoms with E-state index in [0.717, 1.165) is 29.0 Å². The standard InChI is InChI=1S/C23H28N2O3/c1-22(2)15-23(22,17-10-12-18(28-4)13-11-17)21(27)25-19-8-6-5-7-16(19)9-14-20(26)24-3/h5-8,10-13H,9,14-15H2,1-4H3,(H,24,26)(H,25,27). The zero-order valence-electron chi connectivity index (χ0n) is 17.0. The van der Waals surface area contributed by atoms with Crippen LogP contribution in [-0.2, 0) is 21.4 Å². The number of carbonyl (C=O) groups excluding carboxylic acids is 2. The maximum atomic E-state index is 13.4. The first kappa shape index (κ1) is 19.9. The van der Waals surface area contributed by atoms with Gasteiger partial charge in [-0.3, -0.25) is 9.59 Å². The number of anilines is 1. The molecule has 0 radical (unpaired) electrons. The van der Waals surface area contributed by atoms with Crippen LogP contribution in [0, 0.1) is 5.41 Å². The summed E-state index contributed by atoms with van der Waals surface area (Å²) >= 11 is 0. The quantitative estimate of drug-likeness (QED) is 0.770. The molecule has 2 aromatic rings. The van der Waals surface area contributed by atoms with E-state index in [4.69, 9.17) is 4.74 Å². The lowest BCUT2D eigenvalue weighted by Gasteiger charge is -2.22. The zero-order chi connectivity index (χ0) is 20.4. The Labute approximate surface area is 166 Å². The number of methoxy groups -OCH3 is 1.